The molecule has 2 aromatic heterocycles. The number of thiophene rings is 1. The van der Waals surface area contributed by atoms with Gasteiger partial charge in [0.25, 0.3) is 5.91 Å². The first-order valence-corrected chi connectivity index (χ1v) is 7.59. The number of hydrogen-bond acceptors (Lipinski definition) is 4. The Labute approximate surface area is 127 Å². The molecule has 4 nitrogen and oxygen atoms in total. The quantitative estimate of drug-likeness (QED) is 0.835. The van der Waals surface area contributed by atoms with E-state index in [1.54, 1.807) is 6.07 Å². The molecule has 0 bridgehead atoms. The summed E-state index contributed by atoms with van der Waals surface area (Å²) in [5, 5.41) is 11.6. The lowest BCUT2D eigenvalue weighted by Gasteiger charge is -2.02. The van der Waals surface area contributed by atoms with Gasteiger partial charge >= 0.3 is 0 Å². The number of rotatable bonds is 5. The predicted molar refractivity (Wildman–Crippen MR) is 82.2 cm³/mol. The van der Waals surface area contributed by atoms with Gasteiger partial charge in [-0.2, -0.15) is 0 Å². The monoisotopic (exact) mass is 303 g/mol. The molecule has 21 heavy (non-hydrogen) atoms. The summed E-state index contributed by atoms with van der Waals surface area (Å²) in [6.45, 7) is 2.50. The van der Waals surface area contributed by atoms with Crippen LogP contribution in [0.2, 0.25) is 0 Å². The lowest BCUT2D eigenvalue weighted by Crippen LogP contribution is -2.22. The van der Waals surface area contributed by atoms with Crippen LogP contribution in [0, 0.1) is 11.8 Å². The number of nitrogens with one attached hydrogen (secondary N) is 1. The van der Waals surface area contributed by atoms with Crippen molar-refractivity contribution in [1.82, 2.24) is 5.32 Å². The highest BCUT2D eigenvalue weighted by Crippen LogP contribution is 2.16. The number of furan rings is 1. The Balaban J connectivity index is 1.92. The van der Waals surface area contributed by atoms with E-state index >= 15 is 0 Å². The van der Waals surface area contributed by atoms with E-state index in [-0.39, 0.29) is 12.5 Å². The average Bonchev–Trinajstić information content (AvgIpc) is 3.14. The number of carbonyl (C=O) groups excluding carboxylic acids is 1. The highest BCUT2D eigenvalue weighted by Gasteiger charge is 2.12. The molecule has 5 heteroatoms. The Bertz CT molecular complexity index is 660. The molecule has 0 fully saturated rings. The molecule has 0 aromatic carbocycles. The molecule has 0 saturated heterocycles. The van der Waals surface area contributed by atoms with Crippen LogP contribution in [0.3, 0.4) is 0 Å². The minimum Gasteiger partial charge on any atom is -0.469 e. The third-order valence-electron chi connectivity index (χ3n) is 2.84. The Morgan fingerprint density at radius 2 is 2.29 bits per heavy atom. The first-order valence-electron chi connectivity index (χ1n) is 6.77. The van der Waals surface area contributed by atoms with Crippen molar-refractivity contribution in [1.29, 1.82) is 0 Å². The van der Waals surface area contributed by atoms with Gasteiger partial charge in [-0.25, -0.2) is 0 Å². The second-order valence-electron chi connectivity index (χ2n) is 4.34. The Hall–Kier alpha value is -2.03. The fourth-order valence-corrected chi connectivity index (χ4v) is 2.65. The van der Waals surface area contributed by atoms with E-state index in [0.717, 1.165) is 9.75 Å². The maximum atomic E-state index is 12.1. The van der Waals surface area contributed by atoms with E-state index < -0.39 is 0 Å². The molecule has 2 N–H and O–H groups in total. The fourth-order valence-electron chi connectivity index (χ4n) is 1.82. The van der Waals surface area contributed by atoms with Crippen LogP contribution in [0.5, 0.6) is 0 Å². The van der Waals surface area contributed by atoms with E-state index in [1.807, 2.05) is 19.1 Å². The fraction of sp³-hybridized carbons (Fsp3) is 0.312. The standard InChI is InChI=1S/C16H17NO3S/c1-2-15-14(8-10-20-15)16(19)17-11-13-7-6-12(21-13)5-3-4-9-18/h6-8,10,18H,2,4,9,11H2,1H3,(H,17,19). The summed E-state index contributed by atoms with van der Waals surface area (Å²) in [6.07, 6.45) is 2.71. The Morgan fingerprint density at radius 3 is 3.05 bits per heavy atom. The molecule has 0 unspecified atom stereocenters. The number of carbonyl (C=O) groups is 1. The summed E-state index contributed by atoms with van der Waals surface area (Å²) in [6, 6.07) is 5.56. The van der Waals surface area contributed by atoms with Crippen LogP contribution >= 0.6 is 11.3 Å². The average molecular weight is 303 g/mol. The Morgan fingerprint density at radius 1 is 1.43 bits per heavy atom. The zero-order chi connectivity index (χ0) is 15.1. The van der Waals surface area contributed by atoms with Crippen molar-refractivity contribution in [3.63, 3.8) is 0 Å². The van der Waals surface area contributed by atoms with Crippen LogP contribution in [0.4, 0.5) is 0 Å². The van der Waals surface area contributed by atoms with E-state index in [4.69, 9.17) is 9.52 Å². The number of amides is 1. The summed E-state index contributed by atoms with van der Waals surface area (Å²) in [5.74, 6) is 6.44. The van der Waals surface area contributed by atoms with E-state index in [9.17, 15) is 4.79 Å². The minimum absolute atomic E-state index is 0.0752. The van der Waals surface area contributed by atoms with Crippen molar-refractivity contribution >= 4 is 17.2 Å². The molecule has 2 rings (SSSR count). The summed E-state index contributed by atoms with van der Waals surface area (Å²) >= 11 is 1.54. The van der Waals surface area contributed by atoms with Crippen molar-refractivity contribution in [2.24, 2.45) is 0 Å². The van der Waals surface area contributed by atoms with Crippen molar-refractivity contribution in [2.75, 3.05) is 6.61 Å². The molecule has 0 spiro atoms. The van der Waals surface area contributed by atoms with Gasteiger partial charge < -0.3 is 14.8 Å². The van der Waals surface area contributed by atoms with Crippen LogP contribution in [0.15, 0.2) is 28.9 Å². The van der Waals surface area contributed by atoms with Crippen LogP contribution in [0.25, 0.3) is 0 Å². The molecule has 0 aliphatic rings. The van der Waals surface area contributed by atoms with Gasteiger partial charge in [0.15, 0.2) is 0 Å². The molecule has 0 saturated carbocycles. The van der Waals surface area contributed by atoms with Crippen LogP contribution < -0.4 is 5.32 Å². The third kappa shape index (κ3) is 4.22. The first kappa shape index (κ1) is 15.4. The van der Waals surface area contributed by atoms with Gasteiger partial charge in [-0.15, -0.1) is 11.3 Å². The molecule has 110 valence electrons. The van der Waals surface area contributed by atoms with Gasteiger partial charge in [0.2, 0.25) is 0 Å². The molecule has 0 aliphatic heterocycles. The summed E-state index contributed by atoms with van der Waals surface area (Å²) < 4.78 is 5.25. The highest BCUT2D eigenvalue weighted by molar-refractivity contribution is 7.12. The van der Waals surface area contributed by atoms with E-state index in [1.165, 1.54) is 17.6 Å². The van der Waals surface area contributed by atoms with Crippen LogP contribution in [0.1, 0.15) is 39.2 Å². The highest BCUT2D eigenvalue weighted by atomic mass is 32.1. The van der Waals surface area contributed by atoms with Crippen LogP contribution in [-0.2, 0) is 13.0 Å². The van der Waals surface area contributed by atoms with Crippen molar-refractivity contribution in [2.45, 2.75) is 26.3 Å². The van der Waals surface area contributed by atoms with Crippen molar-refractivity contribution in [3.8, 4) is 11.8 Å². The molecular formula is C16H17NO3S. The lowest BCUT2D eigenvalue weighted by atomic mass is 10.2. The first-order chi connectivity index (χ1) is 10.2. The number of aliphatic hydroxyl groups is 1. The second kappa shape index (κ2) is 7.67. The summed E-state index contributed by atoms with van der Waals surface area (Å²) in [5.41, 5.74) is 0.594. The molecule has 1 amide bonds. The predicted octanol–water partition coefficient (Wildman–Crippen LogP) is 2.57. The molecule has 2 aromatic rings. The zero-order valence-corrected chi connectivity index (χ0v) is 12.6. The van der Waals surface area contributed by atoms with Gasteiger partial charge in [-0.3, -0.25) is 4.79 Å². The molecule has 0 radical (unpaired) electrons. The number of hydrogen-bond donors (Lipinski definition) is 2. The van der Waals surface area contributed by atoms with Crippen molar-refractivity contribution in [3.05, 3.63) is 45.5 Å². The second-order valence-corrected chi connectivity index (χ2v) is 5.50. The lowest BCUT2D eigenvalue weighted by molar-refractivity contribution is 0.0949. The third-order valence-corrected chi connectivity index (χ3v) is 3.85. The maximum Gasteiger partial charge on any atom is 0.255 e. The Kier molecular flexibility index (Phi) is 5.61. The summed E-state index contributed by atoms with van der Waals surface area (Å²) in [4.78, 5) is 14.0. The molecule has 0 atom stereocenters. The summed E-state index contributed by atoms with van der Waals surface area (Å²) in [7, 11) is 0. The molecule has 0 aliphatic carbocycles. The van der Waals surface area contributed by atoms with Gasteiger partial charge in [0.05, 0.1) is 29.9 Å². The maximum absolute atomic E-state index is 12.1. The van der Waals surface area contributed by atoms with Gasteiger partial charge in [-0.05, 0) is 18.2 Å². The number of aliphatic hydroxyl groups excluding tert-OH is 1. The molecule has 2 heterocycles. The topological polar surface area (TPSA) is 62.5 Å². The van der Waals surface area contributed by atoms with Gasteiger partial charge in [0.1, 0.15) is 5.76 Å². The van der Waals surface area contributed by atoms with Crippen molar-refractivity contribution < 1.29 is 14.3 Å². The van der Waals surface area contributed by atoms with E-state index in [0.29, 0.717) is 30.7 Å². The SMILES string of the molecule is CCc1occc1C(=O)NCc1ccc(C#CCCO)s1. The normalized spacial score (nSPS) is 10.0. The largest absolute Gasteiger partial charge is 0.469 e. The minimum atomic E-state index is -0.123. The van der Waals surface area contributed by atoms with Crippen LogP contribution in [-0.4, -0.2) is 17.6 Å². The zero-order valence-electron chi connectivity index (χ0n) is 11.8. The van der Waals surface area contributed by atoms with Gasteiger partial charge in [0, 0.05) is 17.7 Å². The smallest absolute Gasteiger partial charge is 0.255 e. The van der Waals surface area contributed by atoms with Gasteiger partial charge in [-0.1, -0.05) is 18.8 Å². The molecular weight excluding hydrogens is 286 g/mol. The van der Waals surface area contributed by atoms with E-state index in [2.05, 4.69) is 17.2 Å². The number of aryl methyl sites for hydroxylation is 1.